The number of rotatable bonds is 6. The third-order valence-corrected chi connectivity index (χ3v) is 7.52. The quantitative estimate of drug-likeness (QED) is 0.785. The third kappa shape index (κ3) is 3.46. The van der Waals surface area contributed by atoms with Crippen LogP contribution in [-0.2, 0) is 17.1 Å². The first-order valence-corrected chi connectivity index (χ1v) is 11.1. The zero-order valence-electron chi connectivity index (χ0n) is 16.8. The van der Waals surface area contributed by atoms with Crippen LogP contribution in [0.15, 0.2) is 17.3 Å². The number of carbonyl (C=O) groups excluding carboxylic acids is 1. The Bertz CT molecular complexity index is 944. The standard InChI is InChI=1S/C18H28N6O3S/c1-5-23(6-2)18(25)14-11-19-21-17(14)15-9-7-8-10-24(15)28(26,27)16-12-20-22(4)13(16)3/h11-12,15H,5-10H2,1-4H3,(H,19,21)/t15-/m0/s1. The predicted octanol–water partition coefficient (Wildman–Crippen LogP) is 1.85. The van der Waals surface area contributed by atoms with E-state index in [4.69, 9.17) is 0 Å². The number of aromatic amines is 1. The molecule has 28 heavy (non-hydrogen) atoms. The van der Waals surface area contributed by atoms with Crippen molar-refractivity contribution in [2.45, 2.75) is 51.0 Å². The molecule has 1 aliphatic heterocycles. The second-order valence-electron chi connectivity index (χ2n) is 7.02. The molecule has 3 rings (SSSR count). The third-order valence-electron chi connectivity index (χ3n) is 5.51. The highest BCUT2D eigenvalue weighted by atomic mass is 32.2. The molecule has 0 radical (unpaired) electrons. The summed E-state index contributed by atoms with van der Waals surface area (Å²) in [5.74, 6) is -0.130. The minimum absolute atomic E-state index is 0.130. The fourth-order valence-corrected chi connectivity index (χ4v) is 5.59. The molecule has 2 aromatic rings. The molecule has 0 unspecified atom stereocenters. The number of nitrogens with zero attached hydrogens (tertiary/aromatic N) is 5. The Hall–Kier alpha value is -2.20. The molecule has 0 aromatic carbocycles. The Labute approximate surface area is 165 Å². The SMILES string of the molecule is CCN(CC)C(=O)c1cn[nH]c1[C@@H]1CCCCN1S(=O)(=O)c1cnn(C)c1C. The molecule has 3 heterocycles. The normalized spacial score (nSPS) is 18.4. The van der Waals surface area contributed by atoms with Gasteiger partial charge in [0, 0.05) is 26.7 Å². The first kappa shape index (κ1) is 20.5. The van der Waals surface area contributed by atoms with Crippen molar-refractivity contribution in [1.82, 2.24) is 29.2 Å². The Morgan fingerprint density at radius 3 is 2.61 bits per heavy atom. The summed E-state index contributed by atoms with van der Waals surface area (Å²) >= 11 is 0. The van der Waals surface area contributed by atoms with E-state index in [0.717, 1.165) is 12.8 Å². The molecule has 154 valence electrons. The maximum absolute atomic E-state index is 13.4. The lowest BCUT2D eigenvalue weighted by molar-refractivity contribution is 0.0769. The topological polar surface area (TPSA) is 104 Å². The molecule has 0 spiro atoms. The van der Waals surface area contributed by atoms with Crippen molar-refractivity contribution in [3.63, 3.8) is 0 Å². The number of piperidine rings is 1. The first-order valence-electron chi connectivity index (χ1n) is 9.65. The van der Waals surface area contributed by atoms with Crippen molar-refractivity contribution >= 4 is 15.9 Å². The maximum Gasteiger partial charge on any atom is 0.257 e. The van der Waals surface area contributed by atoms with Crippen LogP contribution in [0.5, 0.6) is 0 Å². The Morgan fingerprint density at radius 1 is 1.29 bits per heavy atom. The summed E-state index contributed by atoms with van der Waals surface area (Å²) in [6.45, 7) is 7.15. The van der Waals surface area contributed by atoms with Crippen LogP contribution in [-0.4, -0.2) is 63.1 Å². The molecule has 1 N–H and O–H groups in total. The molecular weight excluding hydrogens is 380 g/mol. The molecular formula is C18H28N6O3S. The average Bonchev–Trinajstić information content (AvgIpc) is 3.30. The summed E-state index contributed by atoms with van der Waals surface area (Å²) in [7, 11) is -2.02. The molecule has 0 aliphatic carbocycles. The van der Waals surface area contributed by atoms with Gasteiger partial charge in [-0.05, 0) is 33.6 Å². The average molecular weight is 409 g/mol. The Balaban J connectivity index is 2.01. The van der Waals surface area contributed by atoms with E-state index in [9.17, 15) is 13.2 Å². The van der Waals surface area contributed by atoms with E-state index < -0.39 is 16.1 Å². The monoisotopic (exact) mass is 408 g/mol. The number of hydrogen-bond acceptors (Lipinski definition) is 5. The number of nitrogens with one attached hydrogen (secondary N) is 1. The highest BCUT2D eigenvalue weighted by Crippen LogP contribution is 2.36. The Morgan fingerprint density at radius 2 is 2.00 bits per heavy atom. The van der Waals surface area contributed by atoms with E-state index in [2.05, 4.69) is 15.3 Å². The molecule has 1 saturated heterocycles. The van der Waals surface area contributed by atoms with Crippen molar-refractivity contribution in [2.24, 2.45) is 7.05 Å². The molecule has 2 aromatic heterocycles. The minimum atomic E-state index is -3.74. The lowest BCUT2D eigenvalue weighted by atomic mass is 9.99. The molecule has 1 amide bonds. The predicted molar refractivity (Wildman–Crippen MR) is 104 cm³/mol. The van der Waals surface area contributed by atoms with E-state index in [1.165, 1.54) is 16.7 Å². The molecule has 1 atom stereocenters. The second kappa shape index (κ2) is 8.04. The molecule has 0 saturated carbocycles. The van der Waals surface area contributed by atoms with Crippen molar-refractivity contribution in [3.8, 4) is 0 Å². The largest absolute Gasteiger partial charge is 0.339 e. The van der Waals surface area contributed by atoms with Gasteiger partial charge in [-0.2, -0.15) is 14.5 Å². The smallest absolute Gasteiger partial charge is 0.257 e. The van der Waals surface area contributed by atoms with Crippen molar-refractivity contribution in [1.29, 1.82) is 0 Å². The van der Waals surface area contributed by atoms with Gasteiger partial charge in [0.25, 0.3) is 5.91 Å². The lowest BCUT2D eigenvalue weighted by Crippen LogP contribution is -2.40. The molecule has 1 aliphatic rings. The van der Waals surface area contributed by atoms with Crippen LogP contribution < -0.4 is 0 Å². The fourth-order valence-electron chi connectivity index (χ4n) is 3.74. The van der Waals surface area contributed by atoms with Crippen LogP contribution in [0.4, 0.5) is 0 Å². The number of hydrogen-bond donors (Lipinski definition) is 1. The van der Waals surface area contributed by atoms with Gasteiger partial charge in [-0.15, -0.1) is 0 Å². The van der Waals surface area contributed by atoms with E-state index in [1.54, 1.807) is 23.6 Å². The second-order valence-corrected chi connectivity index (χ2v) is 8.88. The number of aryl methyl sites for hydroxylation is 1. The van der Waals surface area contributed by atoms with Gasteiger partial charge in [0.05, 0.1) is 35.4 Å². The van der Waals surface area contributed by atoms with Gasteiger partial charge in [-0.3, -0.25) is 14.6 Å². The van der Waals surface area contributed by atoms with Crippen LogP contribution in [0.2, 0.25) is 0 Å². The summed E-state index contributed by atoms with van der Waals surface area (Å²) in [4.78, 5) is 14.8. The van der Waals surface area contributed by atoms with Gasteiger partial charge < -0.3 is 4.90 Å². The van der Waals surface area contributed by atoms with Gasteiger partial charge in [0.1, 0.15) is 4.90 Å². The molecule has 0 bridgehead atoms. The molecule has 10 heteroatoms. The van der Waals surface area contributed by atoms with Crippen molar-refractivity contribution in [3.05, 3.63) is 29.3 Å². The van der Waals surface area contributed by atoms with E-state index in [-0.39, 0.29) is 10.8 Å². The van der Waals surface area contributed by atoms with Crippen LogP contribution in [0.3, 0.4) is 0 Å². The van der Waals surface area contributed by atoms with Gasteiger partial charge in [-0.25, -0.2) is 8.42 Å². The molecule has 1 fully saturated rings. The van der Waals surface area contributed by atoms with Crippen LogP contribution in [0.1, 0.15) is 60.9 Å². The number of sulfonamides is 1. The van der Waals surface area contributed by atoms with E-state index >= 15 is 0 Å². The number of carbonyl (C=O) groups is 1. The highest BCUT2D eigenvalue weighted by molar-refractivity contribution is 7.89. The van der Waals surface area contributed by atoms with Gasteiger partial charge in [0.15, 0.2) is 0 Å². The zero-order valence-corrected chi connectivity index (χ0v) is 17.7. The summed E-state index contributed by atoms with van der Waals surface area (Å²) < 4.78 is 29.8. The molecule has 9 nitrogen and oxygen atoms in total. The van der Waals surface area contributed by atoms with Gasteiger partial charge >= 0.3 is 0 Å². The van der Waals surface area contributed by atoms with Crippen LogP contribution >= 0.6 is 0 Å². The van der Waals surface area contributed by atoms with Crippen LogP contribution in [0.25, 0.3) is 0 Å². The van der Waals surface area contributed by atoms with E-state index in [1.807, 2.05) is 13.8 Å². The number of aromatic nitrogens is 4. The minimum Gasteiger partial charge on any atom is -0.339 e. The van der Waals surface area contributed by atoms with Gasteiger partial charge in [0.2, 0.25) is 10.0 Å². The number of H-pyrrole nitrogens is 1. The zero-order chi connectivity index (χ0) is 20.5. The summed E-state index contributed by atoms with van der Waals surface area (Å²) in [5, 5.41) is 11.1. The van der Waals surface area contributed by atoms with Crippen molar-refractivity contribution < 1.29 is 13.2 Å². The maximum atomic E-state index is 13.4. The van der Waals surface area contributed by atoms with Crippen LogP contribution in [0, 0.1) is 6.92 Å². The van der Waals surface area contributed by atoms with Crippen molar-refractivity contribution in [2.75, 3.05) is 19.6 Å². The van der Waals surface area contributed by atoms with E-state index in [0.29, 0.717) is 43.0 Å². The summed E-state index contributed by atoms with van der Waals surface area (Å²) in [5.41, 5.74) is 1.61. The Kier molecular flexibility index (Phi) is 5.90. The van der Waals surface area contributed by atoms with Gasteiger partial charge in [-0.1, -0.05) is 6.42 Å². The highest BCUT2D eigenvalue weighted by Gasteiger charge is 2.39. The first-order chi connectivity index (χ1) is 13.3. The lowest BCUT2D eigenvalue weighted by Gasteiger charge is -2.34. The number of amides is 1. The fraction of sp³-hybridized carbons (Fsp3) is 0.611. The summed E-state index contributed by atoms with van der Waals surface area (Å²) in [6, 6.07) is -0.449. The summed E-state index contributed by atoms with van der Waals surface area (Å²) in [6.07, 6.45) is 5.21.